The third kappa shape index (κ3) is 9.73. The largest absolute Gasteiger partial charge is 0.481 e. The lowest BCUT2D eigenvalue weighted by molar-refractivity contribution is -0.138. The Kier molecular flexibility index (Phi) is 7.39. The van der Waals surface area contributed by atoms with Crippen LogP contribution in [0.1, 0.15) is 65.2 Å². The van der Waals surface area contributed by atoms with Crippen molar-refractivity contribution in [2.24, 2.45) is 0 Å². The Morgan fingerprint density at radius 3 is 2.27 bits per heavy atom. The molecule has 0 aromatic rings. The number of carboxylic acid groups (broad SMARTS) is 1. The Morgan fingerprint density at radius 1 is 1.13 bits per heavy atom. The summed E-state index contributed by atoms with van der Waals surface area (Å²) in [4.78, 5) is 10.4. The van der Waals surface area contributed by atoms with Crippen molar-refractivity contribution < 1.29 is 15.0 Å². The number of hydrogen-bond donors (Lipinski definition) is 2. The molecule has 3 heteroatoms. The van der Waals surface area contributed by atoms with Gasteiger partial charge in [0.15, 0.2) is 0 Å². The number of unbranched alkanes of at least 4 members (excludes halogenated alkanes) is 4. The van der Waals surface area contributed by atoms with E-state index in [0.29, 0.717) is 12.8 Å². The van der Waals surface area contributed by atoms with Crippen LogP contribution in [0.2, 0.25) is 0 Å². The minimum Gasteiger partial charge on any atom is -0.481 e. The van der Waals surface area contributed by atoms with Crippen LogP contribution in [0.15, 0.2) is 0 Å². The molecule has 0 aromatic heterocycles. The van der Waals surface area contributed by atoms with Gasteiger partial charge in [-0.2, -0.15) is 0 Å². The molecule has 3 nitrogen and oxygen atoms in total. The molecule has 0 fully saturated rings. The van der Waals surface area contributed by atoms with E-state index in [1.54, 1.807) is 6.92 Å². The van der Waals surface area contributed by atoms with Crippen LogP contribution in [0.5, 0.6) is 0 Å². The summed E-state index contributed by atoms with van der Waals surface area (Å²) in [6, 6.07) is 0. The maximum Gasteiger partial charge on any atom is 0.303 e. The summed E-state index contributed by atoms with van der Waals surface area (Å²) in [5.41, 5.74) is -0.801. The first-order valence-corrected chi connectivity index (χ1v) is 5.92. The molecule has 15 heavy (non-hydrogen) atoms. The van der Waals surface area contributed by atoms with Gasteiger partial charge in [0.05, 0.1) is 5.60 Å². The van der Waals surface area contributed by atoms with Gasteiger partial charge in [0, 0.05) is 6.42 Å². The molecular weight excluding hydrogens is 192 g/mol. The van der Waals surface area contributed by atoms with Crippen molar-refractivity contribution in [3.05, 3.63) is 0 Å². The fourth-order valence-corrected chi connectivity index (χ4v) is 1.61. The molecule has 1 atom stereocenters. The second-order valence-corrected chi connectivity index (χ2v) is 4.55. The van der Waals surface area contributed by atoms with Gasteiger partial charge in [-0.05, 0) is 19.8 Å². The van der Waals surface area contributed by atoms with Crippen molar-refractivity contribution in [3.8, 4) is 0 Å². The van der Waals surface area contributed by atoms with E-state index < -0.39 is 11.6 Å². The zero-order chi connectivity index (χ0) is 11.7. The molecule has 0 aliphatic rings. The van der Waals surface area contributed by atoms with E-state index in [0.717, 1.165) is 12.8 Å². The maximum atomic E-state index is 10.4. The number of carboxylic acids is 1. The minimum atomic E-state index is -0.832. The van der Waals surface area contributed by atoms with Gasteiger partial charge < -0.3 is 10.2 Å². The standard InChI is InChI=1S/C12H24O3/c1-3-4-5-6-7-9-12(2,15)10-8-11(13)14/h15H,3-10H2,1-2H3,(H,13,14). The highest BCUT2D eigenvalue weighted by molar-refractivity contribution is 5.66. The third-order valence-electron chi connectivity index (χ3n) is 2.70. The molecule has 0 radical (unpaired) electrons. The van der Waals surface area contributed by atoms with Crippen molar-refractivity contribution in [3.63, 3.8) is 0 Å². The molecule has 1 unspecified atom stereocenters. The monoisotopic (exact) mass is 216 g/mol. The first-order valence-electron chi connectivity index (χ1n) is 5.92. The lowest BCUT2D eigenvalue weighted by Crippen LogP contribution is -2.24. The molecule has 0 bridgehead atoms. The van der Waals surface area contributed by atoms with E-state index in [9.17, 15) is 9.90 Å². The molecular formula is C12H24O3. The number of carbonyl (C=O) groups is 1. The highest BCUT2D eigenvalue weighted by Gasteiger charge is 2.20. The van der Waals surface area contributed by atoms with Crippen LogP contribution in [0.3, 0.4) is 0 Å². The molecule has 0 heterocycles. The summed E-state index contributed by atoms with van der Waals surface area (Å²) in [6.45, 7) is 3.90. The first-order chi connectivity index (χ1) is 6.98. The van der Waals surface area contributed by atoms with Gasteiger partial charge in [-0.25, -0.2) is 0 Å². The van der Waals surface area contributed by atoms with Gasteiger partial charge in [0.2, 0.25) is 0 Å². The minimum absolute atomic E-state index is 0.0575. The molecule has 0 aliphatic heterocycles. The van der Waals surface area contributed by atoms with Gasteiger partial charge in [0.25, 0.3) is 0 Å². The van der Waals surface area contributed by atoms with Gasteiger partial charge in [0.1, 0.15) is 0 Å². The highest BCUT2D eigenvalue weighted by atomic mass is 16.4. The number of rotatable bonds is 9. The average molecular weight is 216 g/mol. The Hall–Kier alpha value is -0.570. The predicted molar refractivity (Wildman–Crippen MR) is 60.9 cm³/mol. The van der Waals surface area contributed by atoms with Crippen LogP contribution in [0, 0.1) is 0 Å². The number of aliphatic carboxylic acids is 1. The van der Waals surface area contributed by atoms with Crippen LogP contribution in [-0.4, -0.2) is 21.8 Å². The Balaban J connectivity index is 3.50. The second kappa shape index (κ2) is 7.69. The smallest absolute Gasteiger partial charge is 0.303 e. The fourth-order valence-electron chi connectivity index (χ4n) is 1.61. The van der Waals surface area contributed by atoms with Crippen LogP contribution in [0.4, 0.5) is 0 Å². The van der Waals surface area contributed by atoms with E-state index in [-0.39, 0.29) is 6.42 Å². The summed E-state index contributed by atoms with van der Waals surface area (Å²) >= 11 is 0. The third-order valence-corrected chi connectivity index (χ3v) is 2.70. The first kappa shape index (κ1) is 14.4. The molecule has 90 valence electrons. The van der Waals surface area contributed by atoms with E-state index in [1.165, 1.54) is 19.3 Å². The number of hydrogen-bond acceptors (Lipinski definition) is 2. The summed E-state index contributed by atoms with van der Waals surface area (Å²) in [5.74, 6) is -0.832. The van der Waals surface area contributed by atoms with Gasteiger partial charge in [-0.15, -0.1) is 0 Å². The molecule has 0 saturated carbocycles. The van der Waals surface area contributed by atoms with E-state index in [4.69, 9.17) is 5.11 Å². The lowest BCUT2D eigenvalue weighted by atomic mass is 9.93. The second-order valence-electron chi connectivity index (χ2n) is 4.55. The van der Waals surface area contributed by atoms with Gasteiger partial charge in [-0.3, -0.25) is 4.79 Å². The highest BCUT2D eigenvalue weighted by Crippen LogP contribution is 2.20. The molecule has 0 aromatic carbocycles. The van der Waals surface area contributed by atoms with E-state index in [1.807, 2.05) is 0 Å². The van der Waals surface area contributed by atoms with Crippen molar-refractivity contribution in [1.82, 2.24) is 0 Å². The number of aliphatic hydroxyl groups is 1. The van der Waals surface area contributed by atoms with Crippen molar-refractivity contribution in [2.45, 2.75) is 70.8 Å². The summed E-state index contributed by atoms with van der Waals surface area (Å²) < 4.78 is 0. The Bertz CT molecular complexity index is 176. The van der Waals surface area contributed by atoms with Crippen molar-refractivity contribution in [2.75, 3.05) is 0 Å². The van der Waals surface area contributed by atoms with Crippen molar-refractivity contribution in [1.29, 1.82) is 0 Å². The average Bonchev–Trinajstić information content (AvgIpc) is 2.15. The van der Waals surface area contributed by atoms with E-state index >= 15 is 0 Å². The zero-order valence-corrected chi connectivity index (χ0v) is 9.96. The summed E-state index contributed by atoms with van der Waals surface area (Å²) in [5, 5.41) is 18.4. The Morgan fingerprint density at radius 2 is 1.73 bits per heavy atom. The predicted octanol–water partition coefficient (Wildman–Crippen LogP) is 2.96. The molecule has 0 amide bonds. The SMILES string of the molecule is CCCCCCCC(C)(O)CCC(=O)O. The van der Waals surface area contributed by atoms with E-state index in [2.05, 4.69) is 6.92 Å². The van der Waals surface area contributed by atoms with Gasteiger partial charge in [-0.1, -0.05) is 39.0 Å². The molecule has 2 N–H and O–H groups in total. The molecule has 0 spiro atoms. The Labute approximate surface area is 92.5 Å². The lowest BCUT2D eigenvalue weighted by Gasteiger charge is -2.22. The zero-order valence-electron chi connectivity index (χ0n) is 9.96. The van der Waals surface area contributed by atoms with Crippen LogP contribution in [0.25, 0.3) is 0 Å². The van der Waals surface area contributed by atoms with Crippen LogP contribution >= 0.6 is 0 Å². The fraction of sp³-hybridized carbons (Fsp3) is 0.917. The quantitative estimate of drug-likeness (QED) is 0.582. The molecule has 0 aliphatic carbocycles. The van der Waals surface area contributed by atoms with Crippen LogP contribution < -0.4 is 0 Å². The summed E-state index contributed by atoms with van der Waals surface area (Å²) in [6.07, 6.45) is 6.93. The molecule has 0 saturated heterocycles. The van der Waals surface area contributed by atoms with Crippen molar-refractivity contribution >= 4 is 5.97 Å². The summed E-state index contributed by atoms with van der Waals surface area (Å²) in [7, 11) is 0. The van der Waals surface area contributed by atoms with Crippen LogP contribution in [-0.2, 0) is 4.79 Å². The topological polar surface area (TPSA) is 57.5 Å². The van der Waals surface area contributed by atoms with Gasteiger partial charge >= 0.3 is 5.97 Å². The maximum absolute atomic E-state index is 10.4. The molecule has 0 rings (SSSR count). The normalized spacial score (nSPS) is 14.9.